The number of rotatable bonds is 5. The molecular weight excluding hydrogens is 246 g/mol. The Morgan fingerprint density at radius 2 is 1.78 bits per heavy atom. The molecule has 100 valence electrons. The third kappa shape index (κ3) is 3.83. The molecule has 0 amide bonds. The Bertz CT molecular complexity index is 389. The summed E-state index contributed by atoms with van der Waals surface area (Å²) in [5.41, 5.74) is 0.371. The van der Waals surface area contributed by atoms with Crippen LogP contribution in [0.15, 0.2) is 30.3 Å². The van der Waals surface area contributed by atoms with Gasteiger partial charge in [0.05, 0.1) is 5.54 Å². The van der Waals surface area contributed by atoms with Gasteiger partial charge >= 0.3 is 0 Å². The topological polar surface area (TPSA) is 52.2 Å². The van der Waals surface area contributed by atoms with E-state index in [0.717, 1.165) is 11.8 Å². The van der Waals surface area contributed by atoms with Crippen LogP contribution in [0.2, 0.25) is 0 Å². The van der Waals surface area contributed by atoms with Crippen LogP contribution in [-0.4, -0.2) is 15.6 Å². The zero-order valence-electron chi connectivity index (χ0n) is 11.4. The second-order valence-electron chi connectivity index (χ2n) is 5.55. The highest BCUT2D eigenvalue weighted by Gasteiger charge is 2.36. The number of hydrogen-bond donors (Lipinski definition) is 1. The van der Waals surface area contributed by atoms with E-state index in [9.17, 15) is 9.35 Å². The number of hydrogen-bond acceptors (Lipinski definition) is 3. The molecular formula is C14H21NO2S. The van der Waals surface area contributed by atoms with Crippen molar-refractivity contribution in [2.24, 2.45) is 0 Å². The van der Waals surface area contributed by atoms with Crippen molar-refractivity contribution in [3.63, 3.8) is 0 Å². The molecule has 18 heavy (non-hydrogen) atoms. The molecule has 2 unspecified atom stereocenters. The maximum atomic E-state index is 12.2. The summed E-state index contributed by atoms with van der Waals surface area (Å²) in [5.74, 6) is 0. The molecule has 0 spiro atoms. The molecule has 3 nitrogen and oxygen atoms in total. The first-order valence-electron chi connectivity index (χ1n) is 5.98. The fourth-order valence-electron chi connectivity index (χ4n) is 1.55. The van der Waals surface area contributed by atoms with Gasteiger partial charge in [-0.25, -0.2) is 0 Å². The average molecular weight is 267 g/mol. The van der Waals surface area contributed by atoms with E-state index < -0.39 is 16.9 Å². The third-order valence-electron chi connectivity index (χ3n) is 2.78. The molecule has 4 heteroatoms. The van der Waals surface area contributed by atoms with Crippen molar-refractivity contribution in [2.75, 3.05) is 0 Å². The van der Waals surface area contributed by atoms with Gasteiger partial charge in [0.25, 0.3) is 0 Å². The fourth-order valence-corrected chi connectivity index (χ4v) is 2.47. The van der Waals surface area contributed by atoms with Gasteiger partial charge in [-0.15, -0.1) is 4.72 Å². The predicted octanol–water partition coefficient (Wildman–Crippen LogP) is 2.54. The summed E-state index contributed by atoms with van der Waals surface area (Å²) in [4.78, 5) is 10.9. The van der Waals surface area contributed by atoms with Crippen LogP contribution in [0.5, 0.6) is 0 Å². The lowest BCUT2D eigenvalue weighted by molar-refractivity contribution is -0.108. The molecule has 1 aromatic carbocycles. The normalized spacial score (nSPS) is 16.9. The van der Waals surface area contributed by atoms with Crippen molar-refractivity contribution in [2.45, 2.75) is 44.4 Å². The first-order chi connectivity index (χ1) is 8.29. The van der Waals surface area contributed by atoms with E-state index in [4.69, 9.17) is 0 Å². The lowest BCUT2D eigenvalue weighted by atomic mass is 9.90. The monoisotopic (exact) mass is 267 g/mol. The minimum atomic E-state index is -1.22. The van der Waals surface area contributed by atoms with E-state index in [2.05, 4.69) is 4.72 Å². The second-order valence-corrected chi connectivity index (χ2v) is 7.52. The quantitative estimate of drug-likeness (QED) is 0.659. The first-order valence-corrected chi connectivity index (χ1v) is 7.13. The Kier molecular flexibility index (Phi) is 4.96. The summed E-state index contributed by atoms with van der Waals surface area (Å²) in [5, 5.41) is 0. The van der Waals surface area contributed by atoms with Gasteiger partial charge in [0, 0.05) is 17.8 Å². The van der Waals surface area contributed by atoms with Crippen LogP contribution < -0.4 is 4.72 Å². The Morgan fingerprint density at radius 3 is 2.22 bits per heavy atom. The van der Waals surface area contributed by atoms with Gasteiger partial charge in [-0.3, -0.25) is 0 Å². The molecule has 0 radical (unpaired) electrons. The molecule has 1 rings (SSSR count). The zero-order chi connectivity index (χ0) is 13.8. The maximum Gasteiger partial charge on any atom is 0.136 e. The predicted molar refractivity (Wildman–Crippen MR) is 75.5 cm³/mol. The van der Waals surface area contributed by atoms with Crippen LogP contribution in [0.3, 0.4) is 0 Å². The highest BCUT2D eigenvalue weighted by Crippen LogP contribution is 2.27. The molecule has 0 aliphatic rings. The van der Waals surface area contributed by atoms with Crippen LogP contribution in [0.1, 0.15) is 39.7 Å². The molecule has 2 atom stereocenters. The van der Waals surface area contributed by atoms with E-state index >= 15 is 0 Å². The van der Waals surface area contributed by atoms with E-state index in [1.54, 1.807) is 0 Å². The van der Waals surface area contributed by atoms with Crippen LogP contribution in [0.4, 0.5) is 0 Å². The lowest BCUT2D eigenvalue weighted by Gasteiger charge is -2.34. The Hall–Kier alpha value is -0.840. The molecule has 0 saturated carbocycles. The summed E-state index contributed by atoms with van der Waals surface area (Å²) >= 11 is -1.22. The van der Waals surface area contributed by atoms with Crippen molar-refractivity contribution >= 4 is 17.6 Å². The van der Waals surface area contributed by atoms with Gasteiger partial charge in [0.1, 0.15) is 11.0 Å². The van der Waals surface area contributed by atoms with Gasteiger partial charge < -0.3 is 9.35 Å². The molecule has 0 aliphatic carbocycles. The molecule has 0 bridgehead atoms. The van der Waals surface area contributed by atoms with E-state index in [1.807, 2.05) is 58.0 Å². The lowest BCUT2D eigenvalue weighted by Crippen LogP contribution is -2.50. The smallest absolute Gasteiger partial charge is 0.136 e. The average Bonchev–Trinajstić information content (AvgIpc) is 2.29. The highest BCUT2D eigenvalue weighted by molar-refractivity contribution is 7.90. The number of aldehydes is 1. The number of benzene rings is 1. The van der Waals surface area contributed by atoms with Crippen molar-refractivity contribution < 1.29 is 9.35 Å². The molecule has 0 fully saturated rings. The summed E-state index contributed by atoms with van der Waals surface area (Å²) in [6.45, 7) is 7.62. The van der Waals surface area contributed by atoms with Crippen molar-refractivity contribution in [1.29, 1.82) is 0 Å². The van der Waals surface area contributed by atoms with Gasteiger partial charge in [-0.1, -0.05) is 30.3 Å². The van der Waals surface area contributed by atoms with Crippen LogP contribution in [0, 0.1) is 0 Å². The van der Waals surface area contributed by atoms with Gasteiger partial charge in [-0.05, 0) is 33.3 Å². The van der Waals surface area contributed by atoms with Crippen molar-refractivity contribution in [3.05, 3.63) is 35.9 Å². The molecule has 0 aromatic heterocycles. The summed E-state index contributed by atoms with van der Waals surface area (Å²) in [7, 11) is 0. The molecule has 0 saturated heterocycles. The largest absolute Gasteiger partial charge is 0.598 e. The van der Waals surface area contributed by atoms with Gasteiger partial charge in [-0.2, -0.15) is 0 Å². The SMILES string of the molecule is CC(CC=O)(N[S+]([O-])C(C)(C)C)c1ccccc1. The standard InChI is InChI=1S/C14H21NO2S/c1-13(2,3)18(17)15-14(4,10-11-16)12-8-6-5-7-9-12/h5-9,11,15H,10H2,1-4H3. The Balaban J connectivity index is 2.98. The highest BCUT2D eigenvalue weighted by atomic mass is 32.2. The van der Waals surface area contributed by atoms with Gasteiger partial charge in [0.15, 0.2) is 0 Å². The van der Waals surface area contributed by atoms with Crippen LogP contribution in [0.25, 0.3) is 0 Å². The summed E-state index contributed by atoms with van der Waals surface area (Å²) in [6.07, 6.45) is 1.15. The Labute approximate surface area is 112 Å². The molecule has 0 aliphatic heterocycles. The fraction of sp³-hybridized carbons (Fsp3) is 0.500. The Morgan fingerprint density at radius 1 is 1.22 bits per heavy atom. The molecule has 0 heterocycles. The summed E-state index contributed by atoms with van der Waals surface area (Å²) in [6, 6.07) is 9.64. The number of carbonyl (C=O) groups excluding carboxylic acids is 1. The third-order valence-corrected chi connectivity index (χ3v) is 4.52. The van der Waals surface area contributed by atoms with Crippen LogP contribution in [-0.2, 0) is 21.7 Å². The molecule has 1 N–H and O–H groups in total. The van der Waals surface area contributed by atoms with Crippen LogP contribution >= 0.6 is 0 Å². The minimum absolute atomic E-state index is 0.291. The number of carbonyl (C=O) groups is 1. The van der Waals surface area contributed by atoms with E-state index in [-0.39, 0.29) is 4.75 Å². The molecule has 1 aromatic rings. The van der Waals surface area contributed by atoms with Crippen molar-refractivity contribution in [1.82, 2.24) is 4.72 Å². The number of nitrogens with one attached hydrogen (secondary N) is 1. The first kappa shape index (κ1) is 15.2. The second kappa shape index (κ2) is 5.87. The zero-order valence-corrected chi connectivity index (χ0v) is 12.2. The summed E-state index contributed by atoms with van der Waals surface area (Å²) < 4.78 is 14.9. The minimum Gasteiger partial charge on any atom is -0.598 e. The van der Waals surface area contributed by atoms with E-state index in [0.29, 0.717) is 6.42 Å². The maximum absolute atomic E-state index is 12.2. The van der Waals surface area contributed by atoms with E-state index in [1.165, 1.54) is 0 Å². The van der Waals surface area contributed by atoms with Crippen molar-refractivity contribution in [3.8, 4) is 0 Å². The van der Waals surface area contributed by atoms with Gasteiger partial charge in [0.2, 0.25) is 0 Å².